The monoisotopic (exact) mass is 285 g/mol. The number of nitrogens with two attached hydrogens (primary N) is 1. The van der Waals surface area contributed by atoms with Crippen molar-refractivity contribution in [1.82, 2.24) is 14.8 Å². The van der Waals surface area contributed by atoms with E-state index < -0.39 is 5.97 Å². The van der Waals surface area contributed by atoms with Gasteiger partial charge < -0.3 is 10.2 Å². The number of hydrogen-bond acceptors (Lipinski definition) is 6. The summed E-state index contributed by atoms with van der Waals surface area (Å²) in [6.45, 7) is 4.70. The van der Waals surface area contributed by atoms with Gasteiger partial charge in [-0.05, 0) is 13.8 Å². The van der Waals surface area contributed by atoms with Crippen molar-refractivity contribution in [1.29, 1.82) is 0 Å². The maximum absolute atomic E-state index is 11.8. The topological polar surface area (TPSA) is 95.1 Å². The molecule has 2 heterocycles. The van der Waals surface area contributed by atoms with Crippen LogP contribution in [0.1, 0.15) is 24.2 Å². The lowest BCUT2D eigenvalue weighted by atomic mass is 10.2. The van der Waals surface area contributed by atoms with Gasteiger partial charge in [0.05, 0.1) is 23.9 Å². The fraction of sp³-hybridized carbons (Fsp3) is 0.364. The number of halogens is 1. The lowest BCUT2D eigenvalue weighted by molar-refractivity contribution is 0.0527. The van der Waals surface area contributed by atoms with Crippen molar-refractivity contribution >= 4 is 35.1 Å². The maximum Gasteiger partial charge on any atom is 0.341 e. The Morgan fingerprint density at radius 3 is 2.79 bits per heavy atom. The number of nitrogens with one attached hydrogen (secondary N) is 1. The molecule has 0 aromatic carbocycles. The molecule has 19 heavy (non-hydrogen) atoms. The number of aryl methyl sites for hydroxylation is 1. The maximum atomic E-state index is 11.8. The molecule has 0 aliphatic carbocycles. The molecule has 7 nitrogen and oxygen atoms in total. The van der Waals surface area contributed by atoms with E-state index in [9.17, 15) is 4.79 Å². The Hall–Kier alpha value is -1.86. The van der Waals surface area contributed by atoms with Gasteiger partial charge >= 0.3 is 5.97 Å². The van der Waals surface area contributed by atoms with Crippen molar-refractivity contribution in [2.24, 2.45) is 5.84 Å². The van der Waals surface area contributed by atoms with E-state index in [1.807, 2.05) is 6.92 Å². The number of anilines is 1. The van der Waals surface area contributed by atoms with Crippen LogP contribution < -0.4 is 11.3 Å². The average Bonchev–Trinajstić information content (AvgIpc) is 2.80. The molecule has 104 valence electrons. The number of esters is 1. The number of aromatic nitrogens is 3. The second kappa shape index (κ2) is 6.35. The van der Waals surface area contributed by atoms with Gasteiger partial charge in [0.2, 0.25) is 0 Å². The molecular weight excluding hydrogens is 270 g/mol. The zero-order valence-corrected chi connectivity index (χ0v) is 11.5. The summed E-state index contributed by atoms with van der Waals surface area (Å²) in [7, 11) is 0. The van der Waals surface area contributed by atoms with Crippen molar-refractivity contribution in [3.8, 4) is 0 Å². The van der Waals surface area contributed by atoms with Crippen LogP contribution in [0.2, 0.25) is 0 Å². The second-order valence-electron chi connectivity index (χ2n) is 3.61. The minimum Gasteiger partial charge on any atom is -0.462 e. The summed E-state index contributed by atoms with van der Waals surface area (Å²) in [6, 6.07) is 0. The molecule has 0 spiro atoms. The van der Waals surface area contributed by atoms with Crippen LogP contribution >= 0.6 is 12.4 Å². The fourth-order valence-corrected chi connectivity index (χ4v) is 1.78. The summed E-state index contributed by atoms with van der Waals surface area (Å²) >= 11 is 0. The predicted octanol–water partition coefficient (Wildman–Crippen LogP) is 1.34. The van der Waals surface area contributed by atoms with E-state index in [2.05, 4.69) is 15.5 Å². The Morgan fingerprint density at radius 1 is 1.47 bits per heavy atom. The van der Waals surface area contributed by atoms with Gasteiger partial charge in [0.1, 0.15) is 5.56 Å². The van der Waals surface area contributed by atoms with Gasteiger partial charge in [-0.25, -0.2) is 14.5 Å². The van der Waals surface area contributed by atoms with Crippen molar-refractivity contribution in [3.05, 3.63) is 18.0 Å². The van der Waals surface area contributed by atoms with Crippen molar-refractivity contribution < 1.29 is 9.53 Å². The molecular formula is C11H16ClN5O2. The molecule has 2 rings (SSSR count). The quantitative estimate of drug-likeness (QED) is 0.500. The summed E-state index contributed by atoms with van der Waals surface area (Å²) < 4.78 is 6.68. The molecule has 0 aliphatic heterocycles. The van der Waals surface area contributed by atoms with E-state index in [4.69, 9.17) is 10.6 Å². The van der Waals surface area contributed by atoms with Gasteiger partial charge in [-0.2, -0.15) is 5.10 Å². The number of hydrogen-bond donors (Lipinski definition) is 2. The highest BCUT2D eigenvalue weighted by Crippen LogP contribution is 2.25. The second-order valence-corrected chi connectivity index (χ2v) is 3.61. The minimum atomic E-state index is -0.455. The Bertz CT molecular complexity index is 584. The number of carbonyl (C=O) groups is 1. The molecule has 0 saturated carbocycles. The first-order chi connectivity index (χ1) is 8.72. The average molecular weight is 286 g/mol. The van der Waals surface area contributed by atoms with Gasteiger partial charge in [0.15, 0.2) is 5.65 Å². The van der Waals surface area contributed by atoms with E-state index in [-0.39, 0.29) is 12.4 Å². The molecule has 0 unspecified atom stereocenters. The largest absolute Gasteiger partial charge is 0.462 e. The van der Waals surface area contributed by atoms with E-state index in [1.54, 1.807) is 17.8 Å². The molecule has 0 bridgehead atoms. The predicted molar refractivity (Wildman–Crippen MR) is 74.2 cm³/mol. The normalized spacial score (nSPS) is 10.1. The highest BCUT2D eigenvalue weighted by Gasteiger charge is 2.17. The van der Waals surface area contributed by atoms with Crippen LogP contribution in [0.25, 0.3) is 11.0 Å². The number of ether oxygens (including phenoxy) is 1. The van der Waals surface area contributed by atoms with Gasteiger partial charge in [0, 0.05) is 12.7 Å². The molecule has 3 N–H and O–H groups in total. The number of nitrogen functional groups attached to an aromatic ring is 1. The van der Waals surface area contributed by atoms with Crippen LogP contribution in [0.3, 0.4) is 0 Å². The van der Waals surface area contributed by atoms with Gasteiger partial charge in [-0.3, -0.25) is 5.84 Å². The lowest BCUT2D eigenvalue weighted by Gasteiger charge is -2.09. The van der Waals surface area contributed by atoms with Crippen LogP contribution in [0.4, 0.5) is 5.69 Å². The number of fused-ring (bicyclic) bond motifs is 1. The summed E-state index contributed by atoms with van der Waals surface area (Å²) in [5, 5.41) is 4.87. The summed E-state index contributed by atoms with van der Waals surface area (Å²) in [5.41, 5.74) is 3.99. The van der Waals surface area contributed by atoms with Crippen molar-refractivity contribution in [3.63, 3.8) is 0 Å². The molecule has 0 aliphatic rings. The number of carbonyl (C=O) groups excluding carboxylic acids is 1. The summed E-state index contributed by atoms with van der Waals surface area (Å²) in [4.78, 5) is 16.0. The Kier molecular flexibility index (Phi) is 5.08. The third-order valence-electron chi connectivity index (χ3n) is 2.61. The van der Waals surface area contributed by atoms with Crippen LogP contribution in [0.15, 0.2) is 12.4 Å². The number of hydrazine groups is 1. The van der Waals surface area contributed by atoms with Crippen molar-refractivity contribution in [2.45, 2.75) is 20.4 Å². The van der Waals surface area contributed by atoms with Crippen molar-refractivity contribution in [2.75, 3.05) is 12.0 Å². The zero-order valence-electron chi connectivity index (χ0n) is 10.7. The summed E-state index contributed by atoms with van der Waals surface area (Å²) in [6.07, 6.45) is 3.08. The Morgan fingerprint density at radius 2 is 2.21 bits per heavy atom. The third-order valence-corrected chi connectivity index (χ3v) is 2.61. The molecule has 2 aromatic rings. The summed E-state index contributed by atoms with van der Waals surface area (Å²) in [5.74, 6) is 5.02. The molecule has 8 heteroatoms. The van der Waals surface area contributed by atoms with Crippen LogP contribution in [0, 0.1) is 0 Å². The van der Waals surface area contributed by atoms with E-state index in [0.717, 1.165) is 0 Å². The molecule has 0 atom stereocenters. The lowest BCUT2D eigenvalue weighted by Crippen LogP contribution is -2.15. The van der Waals surface area contributed by atoms with Gasteiger partial charge in [-0.15, -0.1) is 12.4 Å². The smallest absolute Gasteiger partial charge is 0.341 e. The van der Waals surface area contributed by atoms with Gasteiger partial charge in [-0.1, -0.05) is 0 Å². The van der Waals surface area contributed by atoms with Crippen LogP contribution in [-0.2, 0) is 11.3 Å². The SMILES string of the molecule is CCOC(=O)c1cnc2c(cnn2CC)c1NN.Cl. The highest BCUT2D eigenvalue weighted by molar-refractivity contribution is 6.03. The van der Waals surface area contributed by atoms with E-state index >= 15 is 0 Å². The minimum absolute atomic E-state index is 0. The number of rotatable bonds is 4. The number of nitrogens with zero attached hydrogens (tertiary/aromatic N) is 3. The fourth-order valence-electron chi connectivity index (χ4n) is 1.78. The first-order valence-corrected chi connectivity index (χ1v) is 5.71. The zero-order chi connectivity index (χ0) is 13.1. The van der Waals surface area contributed by atoms with Gasteiger partial charge in [0.25, 0.3) is 0 Å². The van der Waals surface area contributed by atoms with E-state index in [0.29, 0.717) is 35.4 Å². The Balaban J connectivity index is 0.00000180. The van der Waals surface area contributed by atoms with Crippen LogP contribution in [-0.4, -0.2) is 27.3 Å². The molecule has 0 radical (unpaired) electrons. The standard InChI is InChI=1S/C11H15N5O2.ClH/c1-3-16-10-7(6-14-16)9(15-12)8(5-13-10)11(17)18-4-2;/h5-6H,3-4,12H2,1-2H3,(H,13,15);1H. The third kappa shape index (κ3) is 2.61. The molecule has 0 fully saturated rings. The molecule has 2 aromatic heterocycles. The van der Waals surface area contributed by atoms with Crippen LogP contribution in [0.5, 0.6) is 0 Å². The highest BCUT2D eigenvalue weighted by atomic mass is 35.5. The molecule has 0 amide bonds. The first-order valence-electron chi connectivity index (χ1n) is 5.71. The van der Waals surface area contributed by atoms with E-state index in [1.165, 1.54) is 6.20 Å². The Labute approximate surface area is 116 Å². The molecule has 0 saturated heterocycles. The number of pyridine rings is 1. The first kappa shape index (κ1) is 15.2.